The van der Waals surface area contributed by atoms with E-state index in [1.54, 1.807) is 37.4 Å². The van der Waals surface area contributed by atoms with Gasteiger partial charge in [-0.2, -0.15) is 18.3 Å². The monoisotopic (exact) mass is 579 g/mol. The van der Waals surface area contributed by atoms with E-state index in [4.69, 9.17) is 9.84 Å². The molecule has 0 spiro atoms. The lowest BCUT2D eigenvalue weighted by Crippen LogP contribution is -2.39. The highest BCUT2D eigenvalue weighted by molar-refractivity contribution is 6.00. The van der Waals surface area contributed by atoms with Crippen molar-refractivity contribution in [1.29, 1.82) is 0 Å². The number of benzene rings is 2. The number of ether oxygens (including phenoxy) is 1. The largest absolute Gasteiger partial charge is 0.433 e. The fraction of sp³-hybridized carbons (Fsp3) is 0.355. The zero-order valence-electron chi connectivity index (χ0n) is 23.4. The number of alkyl halides is 3. The van der Waals surface area contributed by atoms with Gasteiger partial charge in [0.15, 0.2) is 0 Å². The van der Waals surface area contributed by atoms with Gasteiger partial charge >= 0.3 is 6.18 Å². The number of aromatic nitrogens is 3. The van der Waals surface area contributed by atoms with E-state index in [1.165, 1.54) is 12.3 Å². The molecule has 3 heterocycles. The van der Waals surface area contributed by atoms with Crippen molar-refractivity contribution in [3.63, 3.8) is 0 Å². The van der Waals surface area contributed by atoms with Crippen LogP contribution in [0.15, 0.2) is 60.9 Å². The highest BCUT2D eigenvalue weighted by Gasteiger charge is 2.32. The standard InChI is InChI=1S/C31H32F3N5O3/c1-20-25(29(40)35-13-16-42-2)8-9-27-26(20)19-39(37-27)18-21-11-14-38(15-12-21)30(41)23-5-3-22(4-6-23)24-7-10-28(36-17-24)31(32,33)34/h3-10,17,19,21H,11-16,18H2,1-2H3,(H,35,40). The molecule has 2 aromatic heterocycles. The van der Waals surface area contributed by atoms with E-state index in [0.717, 1.165) is 41.9 Å². The van der Waals surface area contributed by atoms with E-state index >= 15 is 0 Å². The summed E-state index contributed by atoms with van der Waals surface area (Å²) in [6.45, 7) is 4.79. The van der Waals surface area contributed by atoms with Crippen LogP contribution in [0.5, 0.6) is 0 Å². The lowest BCUT2D eigenvalue weighted by Gasteiger charge is -2.32. The van der Waals surface area contributed by atoms with Crippen molar-refractivity contribution in [2.24, 2.45) is 5.92 Å². The molecule has 0 unspecified atom stereocenters. The molecular formula is C31H32F3N5O3. The smallest absolute Gasteiger partial charge is 0.383 e. The van der Waals surface area contributed by atoms with Gasteiger partial charge in [-0.05, 0) is 67.1 Å². The number of likely N-dealkylation sites (tertiary alicyclic amines) is 1. The minimum atomic E-state index is -4.48. The fourth-order valence-electron chi connectivity index (χ4n) is 5.29. The molecule has 0 radical (unpaired) electrons. The lowest BCUT2D eigenvalue weighted by molar-refractivity contribution is -0.141. The molecule has 1 N–H and O–H groups in total. The minimum Gasteiger partial charge on any atom is -0.383 e. The summed E-state index contributed by atoms with van der Waals surface area (Å²) in [4.78, 5) is 31.0. The molecule has 8 nitrogen and oxygen atoms in total. The number of rotatable bonds is 8. The van der Waals surface area contributed by atoms with Gasteiger partial charge < -0.3 is 15.0 Å². The zero-order chi connectivity index (χ0) is 29.9. The van der Waals surface area contributed by atoms with E-state index in [-0.39, 0.29) is 11.8 Å². The molecule has 2 amide bonds. The molecule has 2 aromatic carbocycles. The topological polar surface area (TPSA) is 89.4 Å². The molecule has 5 rings (SSSR count). The van der Waals surface area contributed by atoms with Crippen LogP contribution in [0.3, 0.4) is 0 Å². The number of methoxy groups -OCH3 is 1. The third kappa shape index (κ3) is 6.46. The Kier molecular flexibility index (Phi) is 8.58. The number of pyridine rings is 1. The molecule has 1 aliphatic rings. The number of hydrogen-bond acceptors (Lipinski definition) is 5. The predicted molar refractivity (Wildman–Crippen MR) is 152 cm³/mol. The summed E-state index contributed by atoms with van der Waals surface area (Å²) < 4.78 is 45.3. The molecule has 1 fully saturated rings. The van der Waals surface area contributed by atoms with E-state index in [2.05, 4.69) is 10.3 Å². The molecule has 220 valence electrons. The van der Waals surface area contributed by atoms with Crippen molar-refractivity contribution in [2.45, 2.75) is 32.5 Å². The van der Waals surface area contributed by atoms with E-state index in [9.17, 15) is 22.8 Å². The Morgan fingerprint density at radius 2 is 1.74 bits per heavy atom. The highest BCUT2D eigenvalue weighted by atomic mass is 19.4. The zero-order valence-corrected chi connectivity index (χ0v) is 23.4. The third-order valence-electron chi connectivity index (χ3n) is 7.71. The molecule has 0 saturated carbocycles. The van der Waals surface area contributed by atoms with Crippen molar-refractivity contribution in [3.05, 3.63) is 83.3 Å². The average Bonchev–Trinajstić information content (AvgIpc) is 3.40. The van der Waals surface area contributed by atoms with Gasteiger partial charge in [0.25, 0.3) is 11.8 Å². The Morgan fingerprint density at radius 1 is 1.02 bits per heavy atom. The van der Waals surface area contributed by atoms with Crippen molar-refractivity contribution in [2.75, 3.05) is 33.4 Å². The van der Waals surface area contributed by atoms with Crippen molar-refractivity contribution in [3.8, 4) is 11.1 Å². The molecular weight excluding hydrogens is 547 g/mol. The van der Waals surface area contributed by atoms with Crippen LogP contribution in [0, 0.1) is 12.8 Å². The summed E-state index contributed by atoms with van der Waals surface area (Å²) in [7, 11) is 1.59. The Bertz CT molecular complexity index is 1560. The first-order chi connectivity index (χ1) is 20.1. The number of aryl methyl sites for hydroxylation is 1. The minimum absolute atomic E-state index is 0.0673. The maximum atomic E-state index is 13.1. The Hall–Kier alpha value is -4.25. The predicted octanol–water partition coefficient (Wildman–Crippen LogP) is 5.35. The third-order valence-corrected chi connectivity index (χ3v) is 7.71. The number of fused-ring (bicyclic) bond motifs is 1. The number of carbonyl (C=O) groups excluding carboxylic acids is 2. The normalized spacial score (nSPS) is 14.4. The number of hydrogen-bond donors (Lipinski definition) is 1. The number of piperidine rings is 1. The Labute approximate surface area is 241 Å². The van der Waals surface area contributed by atoms with Crippen molar-refractivity contribution >= 4 is 22.7 Å². The van der Waals surface area contributed by atoms with Gasteiger partial charge in [0.1, 0.15) is 5.69 Å². The summed E-state index contributed by atoms with van der Waals surface area (Å²) in [5, 5.41) is 8.52. The number of amides is 2. The number of carbonyl (C=O) groups is 2. The Morgan fingerprint density at radius 3 is 2.38 bits per heavy atom. The van der Waals surface area contributed by atoms with Crippen LogP contribution in [-0.4, -0.2) is 64.8 Å². The molecule has 4 aromatic rings. The molecule has 0 bridgehead atoms. The highest BCUT2D eigenvalue weighted by Crippen LogP contribution is 2.29. The van der Waals surface area contributed by atoms with Crippen LogP contribution in [0.4, 0.5) is 13.2 Å². The molecule has 11 heteroatoms. The second-order valence-electron chi connectivity index (χ2n) is 10.5. The van der Waals surface area contributed by atoms with Crippen LogP contribution in [0.25, 0.3) is 22.0 Å². The quantitative estimate of drug-likeness (QED) is 0.284. The maximum absolute atomic E-state index is 13.1. The summed E-state index contributed by atoms with van der Waals surface area (Å²) in [5.41, 5.74) is 3.17. The van der Waals surface area contributed by atoms with Gasteiger partial charge in [-0.15, -0.1) is 0 Å². The Balaban J connectivity index is 1.16. The average molecular weight is 580 g/mol. The van der Waals surface area contributed by atoms with E-state index in [0.29, 0.717) is 54.4 Å². The molecule has 0 aliphatic carbocycles. The molecule has 0 atom stereocenters. The van der Waals surface area contributed by atoms with Crippen LogP contribution in [0.1, 0.15) is 44.8 Å². The second-order valence-corrected chi connectivity index (χ2v) is 10.5. The lowest BCUT2D eigenvalue weighted by atomic mass is 9.96. The molecule has 42 heavy (non-hydrogen) atoms. The van der Waals surface area contributed by atoms with Gasteiger partial charge in [0.2, 0.25) is 0 Å². The van der Waals surface area contributed by atoms with Crippen molar-refractivity contribution < 1.29 is 27.5 Å². The van der Waals surface area contributed by atoms with Gasteiger partial charge in [-0.25, -0.2) is 0 Å². The summed E-state index contributed by atoms with van der Waals surface area (Å²) in [6, 6.07) is 12.8. The first-order valence-electron chi connectivity index (χ1n) is 13.8. The second kappa shape index (κ2) is 12.3. The summed E-state index contributed by atoms with van der Waals surface area (Å²) in [5.74, 6) is 0.153. The van der Waals surface area contributed by atoms with Crippen LogP contribution >= 0.6 is 0 Å². The van der Waals surface area contributed by atoms with Gasteiger partial charge in [-0.3, -0.25) is 19.3 Å². The molecule has 1 saturated heterocycles. The summed E-state index contributed by atoms with van der Waals surface area (Å²) in [6.07, 6.45) is 0.366. The van der Waals surface area contributed by atoms with Gasteiger partial charge in [0.05, 0.1) is 12.1 Å². The SMILES string of the molecule is COCCNC(=O)c1ccc2nn(CC3CCN(C(=O)c4ccc(-c5ccc(C(F)(F)F)nc5)cc4)CC3)cc2c1C. The van der Waals surface area contributed by atoms with Crippen LogP contribution in [-0.2, 0) is 17.5 Å². The first-order valence-corrected chi connectivity index (χ1v) is 13.8. The number of nitrogens with one attached hydrogen (secondary N) is 1. The molecule has 1 aliphatic heterocycles. The van der Waals surface area contributed by atoms with Gasteiger partial charge in [0, 0.05) is 67.8 Å². The van der Waals surface area contributed by atoms with Crippen molar-refractivity contribution in [1.82, 2.24) is 25.0 Å². The summed E-state index contributed by atoms with van der Waals surface area (Å²) >= 11 is 0. The van der Waals surface area contributed by atoms with E-state index in [1.807, 2.05) is 28.8 Å². The number of halogens is 3. The fourth-order valence-corrected chi connectivity index (χ4v) is 5.29. The van der Waals surface area contributed by atoms with Crippen LogP contribution in [0.2, 0.25) is 0 Å². The van der Waals surface area contributed by atoms with Crippen LogP contribution < -0.4 is 5.32 Å². The number of nitrogens with zero attached hydrogens (tertiary/aromatic N) is 4. The van der Waals surface area contributed by atoms with Gasteiger partial charge in [-0.1, -0.05) is 18.2 Å². The van der Waals surface area contributed by atoms with E-state index < -0.39 is 11.9 Å². The maximum Gasteiger partial charge on any atom is 0.433 e. The first kappa shape index (κ1) is 29.2.